The molecule has 5 heteroatoms. The number of halogens is 1. The maximum atomic E-state index is 11.9. The zero-order chi connectivity index (χ0) is 14.5. The highest BCUT2D eigenvalue weighted by molar-refractivity contribution is 6.30. The predicted octanol–water partition coefficient (Wildman–Crippen LogP) is 3.35. The molecule has 0 saturated carbocycles. The van der Waals surface area contributed by atoms with E-state index in [9.17, 15) is 9.90 Å². The summed E-state index contributed by atoms with van der Waals surface area (Å²) in [5.41, 5.74) is 0.812. The van der Waals surface area contributed by atoms with Crippen molar-refractivity contribution in [3.63, 3.8) is 0 Å². The average Bonchev–Trinajstić information content (AvgIpc) is 2.45. The second-order valence-corrected chi connectivity index (χ2v) is 4.43. The second kappa shape index (κ2) is 6.21. The zero-order valence-corrected chi connectivity index (χ0v) is 11.5. The number of benzene rings is 1. The Kier molecular flexibility index (Phi) is 4.38. The van der Waals surface area contributed by atoms with Crippen molar-refractivity contribution < 1.29 is 14.6 Å². The summed E-state index contributed by atoms with van der Waals surface area (Å²) in [6.45, 7) is 0. The summed E-state index contributed by atoms with van der Waals surface area (Å²) < 4.78 is 5.04. The number of ketones is 1. The van der Waals surface area contributed by atoms with Crippen LogP contribution in [0.5, 0.6) is 11.5 Å². The highest BCUT2D eigenvalue weighted by atomic mass is 35.5. The van der Waals surface area contributed by atoms with Crippen LogP contribution in [0, 0.1) is 0 Å². The molecule has 0 bridgehead atoms. The highest BCUT2D eigenvalue weighted by Gasteiger charge is 2.10. The van der Waals surface area contributed by atoms with E-state index in [1.807, 2.05) is 12.1 Å². The Morgan fingerprint density at radius 1 is 1.35 bits per heavy atom. The molecule has 0 aliphatic rings. The zero-order valence-electron chi connectivity index (χ0n) is 10.7. The number of hydrogen-bond acceptors (Lipinski definition) is 4. The number of aromatic nitrogens is 1. The van der Waals surface area contributed by atoms with Crippen molar-refractivity contribution in [2.75, 3.05) is 7.11 Å². The number of carbonyl (C=O) groups excluding carboxylic acids is 1. The molecule has 0 aliphatic carbocycles. The Labute approximate surface area is 121 Å². The summed E-state index contributed by atoms with van der Waals surface area (Å²) in [5.74, 6) is 0.113. The van der Waals surface area contributed by atoms with Crippen molar-refractivity contribution in [2.24, 2.45) is 0 Å². The van der Waals surface area contributed by atoms with E-state index in [-0.39, 0.29) is 16.5 Å². The van der Waals surface area contributed by atoms with Crippen LogP contribution in [-0.4, -0.2) is 23.0 Å². The van der Waals surface area contributed by atoms with E-state index in [1.165, 1.54) is 18.3 Å². The quantitative estimate of drug-likeness (QED) is 0.693. The molecule has 1 N–H and O–H groups in total. The molecule has 0 atom stereocenters. The van der Waals surface area contributed by atoms with Crippen LogP contribution in [0.2, 0.25) is 5.02 Å². The van der Waals surface area contributed by atoms with Crippen LogP contribution in [0.1, 0.15) is 16.1 Å². The van der Waals surface area contributed by atoms with E-state index >= 15 is 0 Å². The molecule has 0 aliphatic heterocycles. The first kappa shape index (κ1) is 14.1. The van der Waals surface area contributed by atoms with Gasteiger partial charge in [0.1, 0.15) is 11.5 Å². The third-order valence-corrected chi connectivity index (χ3v) is 2.82. The summed E-state index contributed by atoms with van der Waals surface area (Å²) in [6.07, 6.45) is 4.30. The van der Waals surface area contributed by atoms with Crippen LogP contribution in [0.15, 0.2) is 42.6 Å². The molecule has 2 aromatic rings. The van der Waals surface area contributed by atoms with E-state index < -0.39 is 5.78 Å². The monoisotopic (exact) mass is 289 g/mol. The lowest BCUT2D eigenvalue weighted by atomic mass is 10.1. The lowest BCUT2D eigenvalue weighted by Gasteiger charge is -2.00. The van der Waals surface area contributed by atoms with Crippen LogP contribution in [-0.2, 0) is 0 Å². The van der Waals surface area contributed by atoms with E-state index in [0.717, 1.165) is 11.3 Å². The van der Waals surface area contributed by atoms with Crippen molar-refractivity contribution in [2.45, 2.75) is 0 Å². The number of ether oxygens (including phenoxy) is 1. The van der Waals surface area contributed by atoms with Gasteiger partial charge in [0.05, 0.1) is 12.1 Å². The SMILES string of the molecule is COc1ccc(C=CC(=O)c2ncc(Cl)cc2O)cc1. The third kappa shape index (κ3) is 3.36. The molecule has 1 aromatic carbocycles. The van der Waals surface area contributed by atoms with Crippen LogP contribution in [0.25, 0.3) is 6.08 Å². The van der Waals surface area contributed by atoms with Crippen LogP contribution in [0.4, 0.5) is 0 Å². The largest absolute Gasteiger partial charge is 0.505 e. The lowest BCUT2D eigenvalue weighted by Crippen LogP contribution is -1.98. The first-order chi connectivity index (χ1) is 9.60. The van der Waals surface area contributed by atoms with Crippen molar-refractivity contribution >= 4 is 23.5 Å². The number of methoxy groups -OCH3 is 1. The van der Waals surface area contributed by atoms with Gasteiger partial charge < -0.3 is 9.84 Å². The number of hydrogen-bond donors (Lipinski definition) is 1. The minimum absolute atomic E-state index is 0.0286. The molecule has 0 unspecified atom stereocenters. The van der Waals surface area contributed by atoms with Gasteiger partial charge in [-0.05, 0) is 23.8 Å². The standard InChI is InChI=1S/C15H12ClNO3/c1-20-12-5-2-10(3-6-12)4-7-13(18)15-14(19)8-11(16)9-17-15/h2-9,19H,1H3. The van der Waals surface area contributed by atoms with Gasteiger partial charge in [0.25, 0.3) is 0 Å². The van der Waals surface area contributed by atoms with Crippen molar-refractivity contribution in [3.8, 4) is 11.5 Å². The fourth-order valence-electron chi connectivity index (χ4n) is 1.58. The number of rotatable bonds is 4. The number of aromatic hydroxyl groups is 1. The molecule has 20 heavy (non-hydrogen) atoms. The van der Waals surface area contributed by atoms with Gasteiger partial charge in [-0.3, -0.25) is 4.79 Å². The molecule has 102 valence electrons. The molecule has 0 amide bonds. The van der Waals surface area contributed by atoms with Gasteiger partial charge in [0.15, 0.2) is 5.69 Å². The Morgan fingerprint density at radius 3 is 2.65 bits per heavy atom. The second-order valence-electron chi connectivity index (χ2n) is 3.99. The van der Waals surface area contributed by atoms with Crippen LogP contribution < -0.4 is 4.74 Å². The molecule has 0 radical (unpaired) electrons. The topological polar surface area (TPSA) is 59.4 Å². The first-order valence-corrected chi connectivity index (χ1v) is 6.19. The number of carbonyl (C=O) groups is 1. The molecule has 0 saturated heterocycles. The fourth-order valence-corrected chi connectivity index (χ4v) is 1.74. The molecule has 1 aromatic heterocycles. The third-order valence-electron chi connectivity index (χ3n) is 2.61. The van der Waals surface area contributed by atoms with Gasteiger partial charge in [-0.15, -0.1) is 0 Å². The molecule has 0 spiro atoms. The summed E-state index contributed by atoms with van der Waals surface area (Å²) in [5, 5.41) is 9.89. The van der Waals surface area contributed by atoms with Crippen LogP contribution in [0.3, 0.4) is 0 Å². The van der Waals surface area contributed by atoms with Gasteiger partial charge in [0.2, 0.25) is 5.78 Å². The minimum Gasteiger partial charge on any atom is -0.505 e. The molecule has 1 heterocycles. The number of nitrogens with zero attached hydrogens (tertiary/aromatic N) is 1. The first-order valence-electron chi connectivity index (χ1n) is 5.81. The van der Waals surface area contributed by atoms with E-state index in [4.69, 9.17) is 16.3 Å². The molecule has 4 nitrogen and oxygen atoms in total. The van der Waals surface area contributed by atoms with Crippen LogP contribution >= 0.6 is 11.6 Å². The maximum Gasteiger partial charge on any atom is 0.207 e. The normalized spacial score (nSPS) is 10.7. The molecular weight excluding hydrogens is 278 g/mol. The number of pyridine rings is 1. The van der Waals surface area contributed by atoms with E-state index in [2.05, 4.69) is 4.98 Å². The Hall–Kier alpha value is -2.33. The maximum absolute atomic E-state index is 11.9. The van der Waals surface area contributed by atoms with Gasteiger partial charge in [-0.25, -0.2) is 4.98 Å². The van der Waals surface area contributed by atoms with Gasteiger partial charge >= 0.3 is 0 Å². The smallest absolute Gasteiger partial charge is 0.207 e. The van der Waals surface area contributed by atoms with E-state index in [0.29, 0.717) is 0 Å². The van der Waals surface area contributed by atoms with Gasteiger partial charge in [-0.1, -0.05) is 29.8 Å². The molecule has 0 fully saturated rings. The van der Waals surface area contributed by atoms with Crippen molar-refractivity contribution in [1.82, 2.24) is 4.98 Å². The van der Waals surface area contributed by atoms with E-state index in [1.54, 1.807) is 25.3 Å². The van der Waals surface area contributed by atoms with Crippen molar-refractivity contribution in [1.29, 1.82) is 0 Å². The highest BCUT2D eigenvalue weighted by Crippen LogP contribution is 2.20. The minimum atomic E-state index is -0.394. The molecular formula is C15H12ClNO3. The fraction of sp³-hybridized carbons (Fsp3) is 0.0667. The Morgan fingerprint density at radius 2 is 2.05 bits per heavy atom. The van der Waals surface area contributed by atoms with Crippen molar-refractivity contribution in [3.05, 3.63) is 58.9 Å². The summed E-state index contributed by atoms with van der Waals surface area (Å²) in [7, 11) is 1.59. The lowest BCUT2D eigenvalue weighted by molar-refractivity contribution is 0.104. The van der Waals surface area contributed by atoms with Gasteiger partial charge in [0, 0.05) is 12.3 Å². The summed E-state index contributed by atoms with van der Waals surface area (Å²) in [6, 6.07) is 8.50. The summed E-state index contributed by atoms with van der Waals surface area (Å²) >= 11 is 5.66. The molecule has 2 rings (SSSR count). The summed E-state index contributed by atoms with van der Waals surface area (Å²) in [4.78, 5) is 15.7. The Bertz CT molecular complexity index is 651. The Balaban J connectivity index is 2.15. The predicted molar refractivity (Wildman–Crippen MR) is 77.3 cm³/mol. The number of allylic oxidation sites excluding steroid dienone is 1. The van der Waals surface area contributed by atoms with Gasteiger partial charge in [-0.2, -0.15) is 0 Å². The average molecular weight is 290 g/mol.